The van der Waals surface area contributed by atoms with Gasteiger partial charge < -0.3 is 15.5 Å². The molecule has 1 aromatic rings. The van der Waals surface area contributed by atoms with Crippen LogP contribution in [0.2, 0.25) is 0 Å². The van der Waals surface area contributed by atoms with E-state index in [0.717, 1.165) is 19.5 Å². The van der Waals surface area contributed by atoms with Crippen LogP contribution < -0.4 is 10.6 Å². The van der Waals surface area contributed by atoms with Crippen molar-refractivity contribution in [3.8, 4) is 0 Å². The first-order chi connectivity index (χ1) is 8.43. The summed E-state index contributed by atoms with van der Waals surface area (Å²) in [6.07, 6.45) is 0.970. The lowest BCUT2D eigenvalue weighted by atomic mass is 10.1. The fraction of sp³-hybridized carbons (Fsp3) is 0.462. The summed E-state index contributed by atoms with van der Waals surface area (Å²) in [5, 5.41) is 7.46. The molecule has 0 saturated carbocycles. The lowest BCUT2D eigenvalue weighted by Gasteiger charge is -2.23. The summed E-state index contributed by atoms with van der Waals surface area (Å²) in [6, 6.07) is 4.75. The molecule has 0 aliphatic carbocycles. The number of amidine groups is 1. The molecule has 4 nitrogen and oxygen atoms in total. The van der Waals surface area contributed by atoms with E-state index in [1.54, 1.807) is 12.1 Å². The van der Waals surface area contributed by atoms with Crippen LogP contribution in [-0.2, 0) is 0 Å². The van der Waals surface area contributed by atoms with E-state index in [1.807, 2.05) is 26.0 Å². The van der Waals surface area contributed by atoms with Gasteiger partial charge in [0, 0.05) is 13.6 Å². The first-order valence-electron chi connectivity index (χ1n) is 5.92. The van der Waals surface area contributed by atoms with E-state index < -0.39 is 5.82 Å². The van der Waals surface area contributed by atoms with Crippen LogP contribution in [0, 0.1) is 11.2 Å². The highest BCUT2D eigenvalue weighted by molar-refractivity contribution is 6.00. The molecule has 1 aromatic carbocycles. The summed E-state index contributed by atoms with van der Waals surface area (Å²) in [5.41, 5.74) is 6.29. The normalized spacial score (nSPS) is 10.7. The third-order valence-electron chi connectivity index (χ3n) is 2.77. The Morgan fingerprint density at radius 2 is 1.94 bits per heavy atom. The Hall–Kier alpha value is -1.62. The zero-order chi connectivity index (χ0) is 13.7. The summed E-state index contributed by atoms with van der Waals surface area (Å²) >= 11 is 0. The average molecular weight is 252 g/mol. The highest BCUT2D eigenvalue weighted by Gasteiger charge is 2.14. The molecule has 0 saturated heterocycles. The fourth-order valence-electron chi connectivity index (χ4n) is 1.84. The monoisotopic (exact) mass is 252 g/mol. The smallest absolute Gasteiger partial charge is 0.136 e. The molecule has 5 heteroatoms. The van der Waals surface area contributed by atoms with Gasteiger partial charge >= 0.3 is 0 Å². The zero-order valence-electron chi connectivity index (χ0n) is 11.2. The van der Waals surface area contributed by atoms with Gasteiger partial charge in [-0.25, -0.2) is 4.39 Å². The number of rotatable bonds is 6. The lowest BCUT2D eigenvalue weighted by molar-refractivity contribution is 0.401. The van der Waals surface area contributed by atoms with E-state index in [-0.39, 0.29) is 11.4 Å². The van der Waals surface area contributed by atoms with E-state index in [2.05, 4.69) is 4.90 Å². The molecule has 0 bridgehead atoms. The molecule has 0 spiro atoms. The van der Waals surface area contributed by atoms with Crippen molar-refractivity contribution in [1.29, 1.82) is 5.41 Å². The standard InChI is InChI=1S/C13H21FN4/c1-17(2)8-5-9-18(3)11-7-4-6-10(14)12(11)13(15)16/h4,6-7H,5,8-9H2,1-3H3,(H3,15,16). The molecular weight excluding hydrogens is 231 g/mol. The van der Waals surface area contributed by atoms with Gasteiger partial charge in [0.25, 0.3) is 0 Å². The Morgan fingerprint density at radius 3 is 2.50 bits per heavy atom. The summed E-state index contributed by atoms with van der Waals surface area (Å²) in [7, 11) is 5.92. The summed E-state index contributed by atoms with van der Waals surface area (Å²) in [6.45, 7) is 1.76. The van der Waals surface area contributed by atoms with Crippen LogP contribution in [0.3, 0.4) is 0 Å². The maximum atomic E-state index is 13.7. The molecule has 1 rings (SSSR count). The number of nitrogen functional groups attached to an aromatic ring is 1. The molecular formula is C13H21FN4. The molecule has 0 unspecified atom stereocenters. The molecule has 0 atom stereocenters. The van der Waals surface area contributed by atoms with E-state index in [9.17, 15) is 4.39 Å². The van der Waals surface area contributed by atoms with Gasteiger partial charge in [-0.1, -0.05) is 6.07 Å². The molecule has 18 heavy (non-hydrogen) atoms. The lowest BCUT2D eigenvalue weighted by Crippen LogP contribution is -2.26. The second-order valence-electron chi connectivity index (χ2n) is 4.63. The second-order valence-corrected chi connectivity index (χ2v) is 4.63. The minimum absolute atomic E-state index is 0.185. The molecule has 0 aliphatic heterocycles. The molecule has 0 fully saturated rings. The van der Waals surface area contributed by atoms with Crippen molar-refractivity contribution in [2.45, 2.75) is 6.42 Å². The summed E-state index contributed by atoms with van der Waals surface area (Å²) < 4.78 is 13.7. The number of hydrogen-bond donors (Lipinski definition) is 2. The Morgan fingerprint density at radius 1 is 1.28 bits per heavy atom. The van der Waals surface area contributed by atoms with Gasteiger partial charge in [0.15, 0.2) is 0 Å². The largest absolute Gasteiger partial charge is 0.384 e. The van der Waals surface area contributed by atoms with Gasteiger partial charge in [-0.05, 0) is 39.2 Å². The SMILES string of the molecule is CN(C)CCCN(C)c1cccc(F)c1C(=N)N. The highest BCUT2D eigenvalue weighted by Crippen LogP contribution is 2.21. The first-order valence-corrected chi connectivity index (χ1v) is 5.92. The number of nitrogens with zero attached hydrogens (tertiary/aromatic N) is 2. The Labute approximate surface area is 108 Å². The Kier molecular flexibility index (Phi) is 5.09. The Balaban J connectivity index is 2.82. The maximum absolute atomic E-state index is 13.7. The molecule has 0 aromatic heterocycles. The predicted molar refractivity (Wildman–Crippen MR) is 73.9 cm³/mol. The van der Waals surface area contributed by atoms with Crippen LogP contribution in [-0.4, -0.2) is 45.0 Å². The van der Waals surface area contributed by atoms with Crippen molar-refractivity contribution in [2.75, 3.05) is 39.1 Å². The van der Waals surface area contributed by atoms with Crippen LogP contribution in [0.4, 0.5) is 10.1 Å². The van der Waals surface area contributed by atoms with Crippen molar-refractivity contribution in [1.82, 2.24) is 4.90 Å². The number of benzene rings is 1. The minimum atomic E-state index is -0.445. The molecule has 0 aliphatic rings. The van der Waals surface area contributed by atoms with E-state index >= 15 is 0 Å². The van der Waals surface area contributed by atoms with Crippen molar-refractivity contribution >= 4 is 11.5 Å². The molecule has 3 N–H and O–H groups in total. The molecule has 100 valence electrons. The van der Waals surface area contributed by atoms with Gasteiger partial charge in [-0.3, -0.25) is 5.41 Å². The zero-order valence-corrected chi connectivity index (χ0v) is 11.2. The number of halogens is 1. The second kappa shape index (κ2) is 6.35. The van der Waals surface area contributed by atoms with Crippen molar-refractivity contribution in [3.05, 3.63) is 29.6 Å². The van der Waals surface area contributed by atoms with Gasteiger partial charge in [-0.2, -0.15) is 0 Å². The van der Waals surface area contributed by atoms with Crippen molar-refractivity contribution in [2.24, 2.45) is 5.73 Å². The number of anilines is 1. The Bertz CT molecular complexity index is 417. The van der Waals surface area contributed by atoms with Crippen molar-refractivity contribution < 1.29 is 4.39 Å². The number of nitrogens with one attached hydrogen (secondary N) is 1. The highest BCUT2D eigenvalue weighted by atomic mass is 19.1. The minimum Gasteiger partial charge on any atom is -0.384 e. The predicted octanol–water partition coefficient (Wildman–Crippen LogP) is 1.50. The van der Waals surface area contributed by atoms with Gasteiger partial charge in [0.1, 0.15) is 11.7 Å². The van der Waals surface area contributed by atoms with Crippen LogP contribution in [0.1, 0.15) is 12.0 Å². The van der Waals surface area contributed by atoms with Gasteiger partial charge in [-0.15, -0.1) is 0 Å². The number of hydrogen-bond acceptors (Lipinski definition) is 3. The van der Waals surface area contributed by atoms with Crippen LogP contribution >= 0.6 is 0 Å². The van der Waals surface area contributed by atoms with E-state index in [1.165, 1.54) is 6.07 Å². The van der Waals surface area contributed by atoms with Gasteiger partial charge in [0.2, 0.25) is 0 Å². The van der Waals surface area contributed by atoms with Crippen molar-refractivity contribution in [3.63, 3.8) is 0 Å². The van der Waals surface area contributed by atoms with Crippen LogP contribution in [0.5, 0.6) is 0 Å². The summed E-state index contributed by atoms with van der Waals surface area (Å²) in [4.78, 5) is 4.04. The van der Waals surface area contributed by atoms with Crippen LogP contribution in [0.15, 0.2) is 18.2 Å². The topological polar surface area (TPSA) is 56.4 Å². The molecule has 0 amide bonds. The average Bonchev–Trinajstić information content (AvgIpc) is 2.27. The third-order valence-corrected chi connectivity index (χ3v) is 2.77. The van der Waals surface area contributed by atoms with Crippen LogP contribution in [0.25, 0.3) is 0 Å². The van der Waals surface area contributed by atoms with E-state index in [0.29, 0.717) is 5.69 Å². The number of nitrogens with two attached hydrogens (primary N) is 1. The van der Waals surface area contributed by atoms with E-state index in [4.69, 9.17) is 11.1 Å². The fourth-order valence-corrected chi connectivity index (χ4v) is 1.84. The summed E-state index contributed by atoms with van der Waals surface area (Å²) in [5.74, 6) is -0.679. The molecule has 0 heterocycles. The maximum Gasteiger partial charge on any atom is 0.136 e. The third kappa shape index (κ3) is 3.70. The quantitative estimate of drug-likeness (QED) is 0.596. The first kappa shape index (κ1) is 14.4. The van der Waals surface area contributed by atoms with Gasteiger partial charge in [0.05, 0.1) is 11.3 Å². The molecule has 0 radical (unpaired) electrons.